The lowest BCUT2D eigenvalue weighted by Gasteiger charge is -2.38. The van der Waals surface area contributed by atoms with E-state index < -0.39 is 0 Å². The van der Waals surface area contributed by atoms with E-state index >= 15 is 0 Å². The van der Waals surface area contributed by atoms with Crippen LogP contribution in [-0.2, 0) is 0 Å². The molecule has 0 aromatic heterocycles. The van der Waals surface area contributed by atoms with Crippen LogP contribution in [0.4, 0.5) is 0 Å². The van der Waals surface area contributed by atoms with Crippen molar-refractivity contribution < 1.29 is 9.90 Å². The van der Waals surface area contributed by atoms with Gasteiger partial charge in [-0.15, -0.1) is 0 Å². The highest BCUT2D eigenvalue weighted by atomic mass is 16.3. The van der Waals surface area contributed by atoms with Crippen LogP contribution in [0, 0.1) is 5.92 Å². The molecule has 0 atom stereocenters. The Labute approximate surface area is 88.3 Å². The van der Waals surface area contributed by atoms with E-state index in [9.17, 15) is 9.90 Å². The van der Waals surface area contributed by atoms with E-state index in [-0.39, 0.29) is 11.7 Å². The Hall–Kier alpha value is -1.55. The Morgan fingerprint density at radius 2 is 2.27 bits per heavy atom. The SMILES string of the molecule is NCC1CN(C(=O)c2cccc(O)c2)C1. The molecule has 4 heteroatoms. The number of nitrogens with two attached hydrogens (primary N) is 1. The maximum absolute atomic E-state index is 11.8. The first kappa shape index (κ1) is 9.98. The predicted molar refractivity (Wildman–Crippen MR) is 56.6 cm³/mol. The van der Waals surface area contributed by atoms with Gasteiger partial charge in [-0.2, -0.15) is 0 Å². The second kappa shape index (κ2) is 3.90. The van der Waals surface area contributed by atoms with Crippen molar-refractivity contribution in [3.05, 3.63) is 29.8 Å². The van der Waals surface area contributed by atoms with Gasteiger partial charge < -0.3 is 15.7 Å². The molecule has 0 radical (unpaired) electrons. The Morgan fingerprint density at radius 3 is 2.87 bits per heavy atom. The van der Waals surface area contributed by atoms with E-state index in [0.717, 1.165) is 13.1 Å². The third-order valence-electron chi connectivity index (χ3n) is 2.67. The van der Waals surface area contributed by atoms with E-state index in [1.807, 2.05) is 0 Å². The van der Waals surface area contributed by atoms with Crippen LogP contribution in [0.5, 0.6) is 5.75 Å². The molecule has 1 aromatic carbocycles. The molecule has 15 heavy (non-hydrogen) atoms. The summed E-state index contributed by atoms with van der Waals surface area (Å²) in [6.45, 7) is 2.08. The maximum atomic E-state index is 11.8. The monoisotopic (exact) mass is 206 g/mol. The average Bonchev–Trinajstić information content (AvgIpc) is 2.16. The average molecular weight is 206 g/mol. The molecular formula is C11H14N2O2. The van der Waals surface area contributed by atoms with Crippen LogP contribution in [-0.4, -0.2) is 35.5 Å². The summed E-state index contributed by atoms with van der Waals surface area (Å²) in [6.07, 6.45) is 0. The first-order valence-electron chi connectivity index (χ1n) is 4.99. The summed E-state index contributed by atoms with van der Waals surface area (Å²) < 4.78 is 0. The van der Waals surface area contributed by atoms with Crippen molar-refractivity contribution in [2.24, 2.45) is 11.7 Å². The van der Waals surface area contributed by atoms with Gasteiger partial charge >= 0.3 is 0 Å². The topological polar surface area (TPSA) is 66.6 Å². The van der Waals surface area contributed by atoms with Gasteiger partial charge in [0.2, 0.25) is 0 Å². The number of aromatic hydroxyl groups is 1. The number of hydrogen-bond acceptors (Lipinski definition) is 3. The number of hydrogen-bond donors (Lipinski definition) is 2. The van der Waals surface area contributed by atoms with Crippen molar-refractivity contribution in [2.75, 3.05) is 19.6 Å². The summed E-state index contributed by atoms with van der Waals surface area (Å²) in [6, 6.07) is 6.41. The molecule has 1 aliphatic rings. The number of benzene rings is 1. The molecule has 1 fully saturated rings. The van der Waals surface area contributed by atoms with Crippen molar-refractivity contribution in [1.29, 1.82) is 0 Å². The molecule has 1 saturated heterocycles. The quantitative estimate of drug-likeness (QED) is 0.737. The predicted octanol–water partition coefficient (Wildman–Crippen LogP) is 0.423. The van der Waals surface area contributed by atoms with Crippen LogP contribution in [0.15, 0.2) is 24.3 Å². The normalized spacial score (nSPS) is 16.2. The third kappa shape index (κ3) is 1.94. The van der Waals surface area contributed by atoms with E-state index in [1.165, 1.54) is 6.07 Å². The highest BCUT2D eigenvalue weighted by Gasteiger charge is 2.29. The lowest BCUT2D eigenvalue weighted by Crippen LogP contribution is -2.52. The highest BCUT2D eigenvalue weighted by molar-refractivity contribution is 5.95. The van der Waals surface area contributed by atoms with Crippen LogP contribution in [0.2, 0.25) is 0 Å². The van der Waals surface area contributed by atoms with Gasteiger partial charge in [0, 0.05) is 24.6 Å². The number of carbonyl (C=O) groups excluding carboxylic acids is 1. The number of carbonyl (C=O) groups is 1. The Kier molecular flexibility index (Phi) is 2.60. The van der Waals surface area contributed by atoms with E-state index in [0.29, 0.717) is 18.0 Å². The highest BCUT2D eigenvalue weighted by Crippen LogP contribution is 2.19. The van der Waals surface area contributed by atoms with Crippen molar-refractivity contribution in [2.45, 2.75) is 0 Å². The van der Waals surface area contributed by atoms with Crippen LogP contribution >= 0.6 is 0 Å². The standard InChI is InChI=1S/C11H14N2O2/c12-5-8-6-13(7-8)11(15)9-2-1-3-10(14)4-9/h1-4,8,14H,5-7,12H2. The fourth-order valence-electron chi connectivity index (χ4n) is 1.71. The summed E-state index contributed by atoms with van der Waals surface area (Å²) in [7, 11) is 0. The summed E-state index contributed by atoms with van der Waals surface area (Å²) in [4.78, 5) is 13.6. The van der Waals surface area contributed by atoms with E-state index in [4.69, 9.17) is 5.73 Å². The molecule has 0 bridgehead atoms. The molecule has 2 rings (SSSR count). The molecule has 1 aromatic rings. The van der Waals surface area contributed by atoms with Gasteiger partial charge in [0.25, 0.3) is 5.91 Å². The van der Waals surface area contributed by atoms with Crippen LogP contribution in [0.3, 0.4) is 0 Å². The summed E-state index contributed by atoms with van der Waals surface area (Å²) in [5.74, 6) is 0.526. The zero-order valence-corrected chi connectivity index (χ0v) is 8.39. The smallest absolute Gasteiger partial charge is 0.254 e. The van der Waals surface area contributed by atoms with Crippen LogP contribution in [0.1, 0.15) is 10.4 Å². The lowest BCUT2D eigenvalue weighted by atomic mass is 9.99. The van der Waals surface area contributed by atoms with Crippen molar-refractivity contribution in [3.8, 4) is 5.75 Å². The van der Waals surface area contributed by atoms with Crippen LogP contribution in [0.25, 0.3) is 0 Å². The number of likely N-dealkylation sites (tertiary alicyclic amines) is 1. The molecular weight excluding hydrogens is 192 g/mol. The maximum Gasteiger partial charge on any atom is 0.254 e. The molecule has 0 unspecified atom stereocenters. The molecule has 4 nitrogen and oxygen atoms in total. The van der Waals surface area contributed by atoms with Gasteiger partial charge in [0.05, 0.1) is 0 Å². The van der Waals surface area contributed by atoms with Crippen molar-refractivity contribution >= 4 is 5.91 Å². The fraction of sp³-hybridized carbons (Fsp3) is 0.364. The van der Waals surface area contributed by atoms with Crippen LogP contribution < -0.4 is 5.73 Å². The zero-order valence-electron chi connectivity index (χ0n) is 8.39. The van der Waals surface area contributed by atoms with Gasteiger partial charge in [-0.05, 0) is 24.7 Å². The third-order valence-corrected chi connectivity index (χ3v) is 2.67. The molecule has 1 heterocycles. The minimum atomic E-state index is -0.0319. The molecule has 0 aliphatic carbocycles. The Morgan fingerprint density at radius 1 is 1.53 bits per heavy atom. The van der Waals surface area contributed by atoms with Gasteiger partial charge in [-0.25, -0.2) is 0 Å². The number of phenols is 1. The number of amides is 1. The molecule has 80 valence electrons. The molecule has 3 N–H and O–H groups in total. The summed E-state index contributed by atoms with van der Waals surface area (Å²) in [5.41, 5.74) is 6.01. The Balaban J connectivity index is 2.03. The molecule has 0 saturated carbocycles. The molecule has 1 amide bonds. The number of rotatable bonds is 2. The second-order valence-corrected chi connectivity index (χ2v) is 3.86. The van der Waals surface area contributed by atoms with E-state index in [2.05, 4.69) is 0 Å². The van der Waals surface area contributed by atoms with Crippen molar-refractivity contribution in [3.63, 3.8) is 0 Å². The van der Waals surface area contributed by atoms with Gasteiger partial charge in [0.1, 0.15) is 5.75 Å². The van der Waals surface area contributed by atoms with Gasteiger partial charge in [0.15, 0.2) is 0 Å². The fourth-order valence-corrected chi connectivity index (χ4v) is 1.71. The first-order valence-corrected chi connectivity index (χ1v) is 4.99. The minimum absolute atomic E-state index is 0.0319. The summed E-state index contributed by atoms with van der Waals surface area (Å²) in [5, 5.41) is 9.24. The molecule has 0 spiro atoms. The van der Waals surface area contributed by atoms with Gasteiger partial charge in [-0.3, -0.25) is 4.79 Å². The van der Waals surface area contributed by atoms with E-state index in [1.54, 1.807) is 23.1 Å². The minimum Gasteiger partial charge on any atom is -0.508 e. The zero-order chi connectivity index (χ0) is 10.8. The largest absolute Gasteiger partial charge is 0.508 e. The van der Waals surface area contributed by atoms with Gasteiger partial charge in [-0.1, -0.05) is 6.07 Å². The lowest BCUT2D eigenvalue weighted by molar-refractivity contribution is 0.0515. The Bertz CT molecular complexity index is 373. The number of nitrogens with zero attached hydrogens (tertiary/aromatic N) is 1. The molecule has 1 aliphatic heterocycles. The summed E-state index contributed by atoms with van der Waals surface area (Å²) >= 11 is 0. The van der Waals surface area contributed by atoms with Crippen molar-refractivity contribution in [1.82, 2.24) is 4.90 Å². The number of phenolic OH excluding ortho intramolecular Hbond substituents is 1. The second-order valence-electron chi connectivity index (χ2n) is 3.86. The first-order chi connectivity index (χ1) is 7.20.